The summed E-state index contributed by atoms with van der Waals surface area (Å²) in [6.45, 7) is 2.35. The van der Waals surface area contributed by atoms with Crippen molar-refractivity contribution in [2.24, 2.45) is 0 Å². The van der Waals surface area contributed by atoms with Gasteiger partial charge in [0, 0.05) is 17.5 Å². The van der Waals surface area contributed by atoms with Crippen molar-refractivity contribution in [2.45, 2.75) is 20.1 Å². The Hall–Kier alpha value is -3.26. The average molecular weight is 384 g/mol. The zero-order valence-corrected chi connectivity index (χ0v) is 15.3. The molecule has 2 aromatic carbocycles. The predicted octanol–water partition coefficient (Wildman–Crippen LogP) is 4.30. The van der Waals surface area contributed by atoms with E-state index in [1.807, 2.05) is 12.3 Å². The van der Waals surface area contributed by atoms with Crippen molar-refractivity contribution < 1.29 is 19.2 Å². The first-order valence-electron chi connectivity index (χ1n) is 8.05. The molecule has 0 aliphatic heterocycles. The van der Waals surface area contributed by atoms with Gasteiger partial charge in [0.2, 0.25) is 0 Å². The summed E-state index contributed by atoms with van der Waals surface area (Å²) in [7, 11) is 0. The van der Waals surface area contributed by atoms with Crippen molar-refractivity contribution in [3.05, 3.63) is 85.9 Å². The minimum atomic E-state index is -0.477. The van der Waals surface area contributed by atoms with Gasteiger partial charge in [-0.05, 0) is 48.9 Å². The van der Waals surface area contributed by atoms with E-state index in [9.17, 15) is 14.9 Å². The van der Waals surface area contributed by atoms with Crippen LogP contribution in [0.1, 0.15) is 26.6 Å². The molecule has 0 atom stereocenters. The molecule has 1 aromatic heterocycles. The number of aryl methyl sites for hydroxylation is 1. The van der Waals surface area contributed by atoms with E-state index in [-0.39, 0.29) is 12.3 Å². The fourth-order valence-corrected chi connectivity index (χ4v) is 2.86. The summed E-state index contributed by atoms with van der Waals surface area (Å²) in [6.07, 6.45) is 0. The summed E-state index contributed by atoms with van der Waals surface area (Å²) in [4.78, 5) is 26.6. The van der Waals surface area contributed by atoms with E-state index in [0.717, 1.165) is 10.7 Å². The number of carbonyl (C=O) groups excluding carboxylic acids is 1. The summed E-state index contributed by atoms with van der Waals surface area (Å²) < 4.78 is 10.9. The van der Waals surface area contributed by atoms with Crippen LogP contribution in [-0.4, -0.2) is 15.9 Å². The Bertz CT molecular complexity index is 935. The minimum Gasteiger partial charge on any atom is -0.487 e. The average Bonchev–Trinajstić information content (AvgIpc) is 3.10. The maximum atomic E-state index is 12.1. The molecule has 0 radical (unpaired) electrons. The van der Waals surface area contributed by atoms with Gasteiger partial charge in [-0.3, -0.25) is 10.1 Å². The van der Waals surface area contributed by atoms with Crippen molar-refractivity contribution in [1.29, 1.82) is 0 Å². The Balaban J connectivity index is 1.51. The number of carbonyl (C=O) groups is 1. The van der Waals surface area contributed by atoms with Crippen LogP contribution < -0.4 is 4.74 Å². The number of hydrogen-bond donors (Lipinski definition) is 0. The first-order valence-corrected chi connectivity index (χ1v) is 8.93. The molecule has 0 aliphatic rings. The fraction of sp³-hybridized carbons (Fsp3) is 0.158. The predicted molar refractivity (Wildman–Crippen MR) is 99.8 cm³/mol. The van der Waals surface area contributed by atoms with Gasteiger partial charge in [-0.2, -0.15) is 0 Å². The zero-order valence-electron chi connectivity index (χ0n) is 14.5. The molecular weight excluding hydrogens is 368 g/mol. The van der Waals surface area contributed by atoms with Crippen LogP contribution in [0.5, 0.6) is 5.75 Å². The van der Waals surface area contributed by atoms with Gasteiger partial charge in [0.1, 0.15) is 19.0 Å². The summed E-state index contributed by atoms with van der Waals surface area (Å²) in [5.41, 5.74) is 1.93. The first-order chi connectivity index (χ1) is 13.0. The van der Waals surface area contributed by atoms with Crippen molar-refractivity contribution in [1.82, 2.24) is 4.98 Å². The quantitative estimate of drug-likeness (QED) is 0.343. The molecule has 0 spiro atoms. The molecule has 3 rings (SSSR count). The van der Waals surface area contributed by atoms with Crippen LogP contribution in [0.15, 0.2) is 53.9 Å². The Morgan fingerprint density at radius 3 is 2.41 bits per heavy atom. The van der Waals surface area contributed by atoms with Crippen LogP contribution in [0.4, 0.5) is 5.69 Å². The third-order valence-electron chi connectivity index (χ3n) is 3.66. The van der Waals surface area contributed by atoms with Gasteiger partial charge in [-0.1, -0.05) is 0 Å². The van der Waals surface area contributed by atoms with Gasteiger partial charge in [-0.25, -0.2) is 9.78 Å². The number of non-ortho nitro benzene ring substituents is 1. The summed E-state index contributed by atoms with van der Waals surface area (Å²) in [5.74, 6) is 0.155. The van der Waals surface area contributed by atoms with Gasteiger partial charge >= 0.3 is 5.97 Å². The summed E-state index contributed by atoms with van der Waals surface area (Å²) in [5, 5.41) is 13.6. The van der Waals surface area contributed by atoms with E-state index < -0.39 is 10.9 Å². The minimum absolute atomic E-state index is 0.00604. The smallest absolute Gasteiger partial charge is 0.338 e. The van der Waals surface area contributed by atoms with E-state index in [2.05, 4.69) is 4.98 Å². The lowest BCUT2D eigenvalue weighted by Crippen LogP contribution is -2.05. The number of nitrogens with zero attached hydrogens (tertiary/aromatic N) is 2. The second-order valence-electron chi connectivity index (χ2n) is 5.67. The van der Waals surface area contributed by atoms with E-state index in [0.29, 0.717) is 23.5 Å². The largest absolute Gasteiger partial charge is 0.487 e. The first kappa shape index (κ1) is 18.5. The third kappa shape index (κ3) is 5.11. The normalized spacial score (nSPS) is 10.4. The maximum Gasteiger partial charge on any atom is 0.338 e. The number of nitro benzene ring substituents is 1. The standard InChI is InChI=1S/C19H16N2O5S/c1-13-20-16(12-27-13)11-25-18-8-4-15(5-9-18)19(22)26-10-14-2-6-17(7-3-14)21(23)24/h2-9,12H,10-11H2,1H3. The molecule has 0 aliphatic carbocycles. The summed E-state index contributed by atoms with van der Waals surface area (Å²) >= 11 is 1.57. The van der Waals surface area contributed by atoms with Crippen LogP contribution in [-0.2, 0) is 18.0 Å². The van der Waals surface area contributed by atoms with E-state index in [4.69, 9.17) is 9.47 Å². The van der Waals surface area contributed by atoms with E-state index in [1.54, 1.807) is 47.7 Å². The SMILES string of the molecule is Cc1nc(COc2ccc(C(=O)OCc3ccc([N+](=O)[O-])cc3)cc2)cs1. The number of rotatable bonds is 7. The lowest BCUT2D eigenvalue weighted by molar-refractivity contribution is -0.384. The van der Waals surface area contributed by atoms with Crippen molar-refractivity contribution in [3.63, 3.8) is 0 Å². The second-order valence-corrected chi connectivity index (χ2v) is 6.73. The molecule has 0 fully saturated rings. The molecule has 0 N–H and O–H groups in total. The Kier molecular flexibility index (Phi) is 5.77. The number of thiazole rings is 1. The van der Waals surface area contributed by atoms with Gasteiger partial charge in [-0.15, -0.1) is 11.3 Å². The highest BCUT2D eigenvalue weighted by Crippen LogP contribution is 2.17. The van der Waals surface area contributed by atoms with Crippen molar-refractivity contribution >= 4 is 23.0 Å². The molecule has 3 aromatic rings. The monoisotopic (exact) mass is 384 g/mol. The molecule has 0 unspecified atom stereocenters. The Morgan fingerprint density at radius 1 is 1.11 bits per heavy atom. The molecule has 0 amide bonds. The molecule has 138 valence electrons. The second kappa shape index (κ2) is 8.41. The van der Waals surface area contributed by atoms with Crippen LogP contribution in [0, 0.1) is 17.0 Å². The highest BCUT2D eigenvalue weighted by atomic mass is 32.1. The molecule has 8 heteroatoms. The lowest BCUT2D eigenvalue weighted by atomic mass is 10.2. The highest BCUT2D eigenvalue weighted by molar-refractivity contribution is 7.09. The molecule has 1 heterocycles. The molecular formula is C19H16N2O5S. The van der Waals surface area contributed by atoms with Gasteiger partial charge in [0.05, 0.1) is 21.2 Å². The number of esters is 1. The van der Waals surface area contributed by atoms with Gasteiger partial charge in [0.25, 0.3) is 5.69 Å². The molecule has 27 heavy (non-hydrogen) atoms. The molecule has 7 nitrogen and oxygen atoms in total. The van der Waals surface area contributed by atoms with Gasteiger partial charge < -0.3 is 9.47 Å². The van der Waals surface area contributed by atoms with Crippen LogP contribution >= 0.6 is 11.3 Å². The maximum absolute atomic E-state index is 12.1. The van der Waals surface area contributed by atoms with Crippen LogP contribution in [0.25, 0.3) is 0 Å². The number of nitro groups is 1. The van der Waals surface area contributed by atoms with Crippen molar-refractivity contribution in [2.75, 3.05) is 0 Å². The van der Waals surface area contributed by atoms with E-state index in [1.165, 1.54) is 12.1 Å². The number of hydrogen-bond acceptors (Lipinski definition) is 7. The third-order valence-corrected chi connectivity index (χ3v) is 4.48. The highest BCUT2D eigenvalue weighted by Gasteiger charge is 2.09. The lowest BCUT2D eigenvalue weighted by Gasteiger charge is -2.07. The van der Waals surface area contributed by atoms with Crippen LogP contribution in [0.2, 0.25) is 0 Å². The Morgan fingerprint density at radius 2 is 1.81 bits per heavy atom. The van der Waals surface area contributed by atoms with Crippen molar-refractivity contribution in [3.8, 4) is 5.75 Å². The Labute approximate surface area is 159 Å². The zero-order chi connectivity index (χ0) is 19.2. The molecule has 0 saturated heterocycles. The molecule has 0 bridgehead atoms. The fourth-order valence-electron chi connectivity index (χ4n) is 2.27. The molecule has 0 saturated carbocycles. The summed E-state index contributed by atoms with van der Waals surface area (Å²) in [6, 6.07) is 12.5. The van der Waals surface area contributed by atoms with Gasteiger partial charge in [0.15, 0.2) is 0 Å². The topological polar surface area (TPSA) is 91.6 Å². The number of ether oxygens (including phenoxy) is 2. The van der Waals surface area contributed by atoms with Crippen LogP contribution in [0.3, 0.4) is 0 Å². The van der Waals surface area contributed by atoms with E-state index >= 15 is 0 Å². The number of aromatic nitrogens is 1. The number of benzene rings is 2.